The number of para-hydroxylation sites is 1. The van der Waals surface area contributed by atoms with Crippen LogP contribution in [-0.4, -0.2) is 48.7 Å². The molecule has 2 amide bonds. The minimum absolute atomic E-state index is 0.00359. The lowest BCUT2D eigenvalue weighted by Gasteiger charge is -2.56. The highest BCUT2D eigenvalue weighted by atomic mass is 32.2. The predicted octanol–water partition coefficient (Wildman–Crippen LogP) is 8.17. The Morgan fingerprint density at radius 3 is 2.25 bits per heavy atom. The van der Waals surface area contributed by atoms with Crippen LogP contribution in [0.2, 0.25) is 0 Å². The van der Waals surface area contributed by atoms with Gasteiger partial charge in [-0.2, -0.15) is 4.68 Å². The molecule has 1 saturated heterocycles. The molecular formula is C44H48N6O4S. The van der Waals surface area contributed by atoms with Gasteiger partial charge in [0.05, 0.1) is 24.5 Å². The minimum Gasteiger partial charge on any atom is -0.392 e. The van der Waals surface area contributed by atoms with Gasteiger partial charge in [-0.25, -0.2) is 4.79 Å². The standard InChI is InChI=1S/C44H48N6O4S/c1-28-39(27-55-43-47-48-49-50(43)38-8-3-2-4-9-38)53-41(54-40(28)35-12-10-29(26-51)11-13-35)36-16-14-34(15-17-36)37-7-5-6-30(21-37)25-45-42(52)46-44-22-31-18-32(23-44)20-33(19-31)24-44/h2-17,21,28,31-33,39-41,51H,18-20,22-27H2,1H3,(H2,45,46,52)/t28-,31?,32?,33?,39+,40+,41+,44?/m0/s1. The summed E-state index contributed by atoms with van der Waals surface area (Å²) in [5.41, 5.74) is 6.93. The fourth-order valence-electron chi connectivity index (χ4n) is 9.89. The first-order chi connectivity index (χ1) is 26.9. The van der Waals surface area contributed by atoms with Crippen molar-refractivity contribution in [3.8, 4) is 16.8 Å². The second kappa shape index (κ2) is 15.5. The van der Waals surface area contributed by atoms with E-state index in [-0.39, 0.29) is 36.3 Å². The fraction of sp³-hybridized carbons (Fsp3) is 0.409. The number of aliphatic hydroxyl groups is 1. The fourth-order valence-corrected chi connectivity index (χ4v) is 10.9. The van der Waals surface area contributed by atoms with Crippen LogP contribution in [0.15, 0.2) is 108 Å². The Balaban J connectivity index is 0.880. The van der Waals surface area contributed by atoms with E-state index in [2.05, 4.69) is 81.6 Å². The molecule has 4 aromatic carbocycles. The number of tetrazole rings is 1. The smallest absolute Gasteiger partial charge is 0.315 e. The summed E-state index contributed by atoms with van der Waals surface area (Å²) < 4.78 is 15.2. The molecule has 4 bridgehead atoms. The number of rotatable bonds is 11. The van der Waals surface area contributed by atoms with Gasteiger partial charge in [-0.15, -0.1) is 5.10 Å². The van der Waals surface area contributed by atoms with E-state index in [9.17, 15) is 9.90 Å². The maximum Gasteiger partial charge on any atom is 0.315 e. The third-order valence-corrected chi connectivity index (χ3v) is 13.3. The van der Waals surface area contributed by atoms with Crippen molar-refractivity contribution in [3.05, 3.63) is 125 Å². The molecule has 2 heterocycles. The topological polar surface area (TPSA) is 123 Å². The molecule has 284 valence electrons. The molecule has 1 aromatic heterocycles. The zero-order chi connectivity index (χ0) is 37.4. The number of nitrogens with one attached hydrogen (secondary N) is 2. The number of thioether (sulfide) groups is 1. The molecule has 5 aromatic rings. The van der Waals surface area contributed by atoms with Crippen molar-refractivity contribution in [3.63, 3.8) is 0 Å². The Labute approximate surface area is 326 Å². The number of amides is 2. The SMILES string of the molecule is C[C@H]1[C@@H](CSc2nnnn2-c2ccccc2)O[C@@H](c2ccc(-c3cccc(CNC(=O)NC45CC6CC(CC(C6)C4)C5)c3)cc2)O[C@H]1c1ccc(CO)cc1. The summed E-state index contributed by atoms with van der Waals surface area (Å²) in [5, 5.41) is 29.4. The first-order valence-corrected chi connectivity index (χ1v) is 20.6. The molecule has 3 N–H and O–H groups in total. The highest BCUT2D eigenvalue weighted by Crippen LogP contribution is 2.55. The van der Waals surface area contributed by atoms with Crippen molar-refractivity contribution in [1.29, 1.82) is 0 Å². The van der Waals surface area contributed by atoms with E-state index in [1.807, 2.05) is 54.6 Å². The van der Waals surface area contributed by atoms with Crippen LogP contribution in [0.25, 0.3) is 16.8 Å². The number of carbonyl (C=O) groups excluding carboxylic acids is 1. The molecule has 10 nitrogen and oxygen atoms in total. The lowest BCUT2D eigenvalue weighted by Crippen LogP contribution is -2.61. The molecule has 1 aliphatic heterocycles. The number of carbonyl (C=O) groups is 1. The summed E-state index contributed by atoms with van der Waals surface area (Å²) in [7, 11) is 0. The zero-order valence-corrected chi connectivity index (χ0v) is 31.9. The number of aliphatic hydroxyl groups excluding tert-OH is 1. The molecule has 11 heteroatoms. The van der Waals surface area contributed by atoms with Crippen LogP contribution >= 0.6 is 11.8 Å². The van der Waals surface area contributed by atoms with Gasteiger partial charge in [-0.1, -0.05) is 104 Å². The van der Waals surface area contributed by atoms with E-state index in [1.165, 1.54) is 19.3 Å². The maximum atomic E-state index is 13.1. The van der Waals surface area contributed by atoms with E-state index in [4.69, 9.17) is 9.47 Å². The van der Waals surface area contributed by atoms with Crippen LogP contribution < -0.4 is 10.6 Å². The predicted molar refractivity (Wildman–Crippen MR) is 211 cm³/mol. The largest absolute Gasteiger partial charge is 0.392 e. The van der Waals surface area contributed by atoms with E-state index in [0.29, 0.717) is 17.5 Å². The average molecular weight is 757 g/mol. The Morgan fingerprint density at radius 1 is 0.836 bits per heavy atom. The highest BCUT2D eigenvalue weighted by Gasteiger charge is 2.51. The lowest BCUT2D eigenvalue weighted by atomic mass is 9.53. The summed E-state index contributed by atoms with van der Waals surface area (Å²) in [5.74, 6) is 3.02. The lowest BCUT2D eigenvalue weighted by molar-refractivity contribution is -0.268. The van der Waals surface area contributed by atoms with Gasteiger partial charge in [-0.3, -0.25) is 0 Å². The van der Waals surface area contributed by atoms with Gasteiger partial charge >= 0.3 is 6.03 Å². The summed E-state index contributed by atoms with van der Waals surface area (Å²) >= 11 is 1.56. The van der Waals surface area contributed by atoms with Gasteiger partial charge in [0.15, 0.2) is 6.29 Å². The molecule has 0 spiro atoms. The Bertz CT molecular complexity index is 2060. The van der Waals surface area contributed by atoms with Crippen LogP contribution in [0.4, 0.5) is 4.79 Å². The normalized spacial score (nSPS) is 28.2. The third-order valence-electron chi connectivity index (χ3n) is 12.3. The van der Waals surface area contributed by atoms with Crippen molar-refractivity contribution >= 4 is 17.8 Å². The number of ether oxygens (including phenoxy) is 2. The van der Waals surface area contributed by atoms with Crippen LogP contribution in [0.1, 0.15) is 80.1 Å². The van der Waals surface area contributed by atoms with Crippen LogP contribution in [-0.2, 0) is 22.6 Å². The second-order valence-corrected chi connectivity index (χ2v) is 17.2. The second-order valence-electron chi connectivity index (χ2n) is 16.2. The summed E-state index contributed by atoms with van der Waals surface area (Å²) in [4.78, 5) is 13.1. The number of hydrogen-bond donors (Lipinski definition) is 3. The Hall–Kier alpha value is -4.55. The number of hydrogen-bond acceptors (Lipinski definition) is 8. The molecule has 55 heavy (non-hydrogen) atoms. The van der Waals surface area contributed by atoms with Gasteiger partial charge in [0.1, 0.15) is 0 Å². The number of nitrogens with zero attached hydrogens (tertiary/aromatic N) is 4. The van der Waals surface area contributed by atoms with Crippen molar-refractivity contribution in [1.82, 2.24) is 30.8 Å². The molecule has 5 fully saturated rings. The first-order valence-electron chi connectivity index (χ1n) is 19.6. The van der Waals surface area contributed by atoms with Crippen LogP contribution in [0.3, 0.4) is 0 Å². The van der Waals surface area contributed by atoms with E-state index < -0.39 is 6.29 Å². The molecule has 0 radical (unpaired) electrons. The van der Waals surface area contributed by atoms with Crippen molar-refractivity contribution in [2.24, 2.45) is 23.7 Å². The summed E-state index contributed by atoms with van der Waals surface area (Å²) in [6, 6.07) is 34.5. The first kappa shape index (κ1) is 36.1. The maximum absolute atomic E-state index is 13.1. The Kier molecular flexibility index (Phi) is 10.2. The summed E-state index contributed by atoms with van der Waals surface area (Å²) in [6.07, 6.45) is 6.50. The number of urea groups is 1. The van der Waals surface area contributed by atoms with Gasteiger partial charge in [0.2, 0.25) is 5.16 Å². The van der Waals surface area contributed by atoms with Crippen LogP contribution in [0, 0.1) is 23.7 Å². The highest BCUT2D eigenvalue weighted by molar-refractivity contribution is 7.99. The number of benzene rings is 4. The summed E-state index contributed by atoms with van der Waals surface area (Å²) in [6.45, 7) is 2.62. The van der Waals surface area contributed by atoms with Crippen molar-refractivity contribution in [2.45, 2.75) is 87.8 Å². The molecule has 0 unspecified atom stereocenters. The third kappa shape index (κ3) is 7.80. The van der Waals surface area contributed by atoms with E-state index >= 15 is 0 Å². The Morgan fingerprint density at radius 2 is 1.55 bits per heavy atom. The minimum atomic E-state index is -0.591. The van der Waals surface area contributed by atoms with Gasteiger partial charge < -0.3 is 25.2 Å². The van der Waals surface area contributed by atoms with Gasteiger partial charge in [0, 0.05) is 29.3 Å². The number of aromatic nitrogens is 4. The van der Waals surface area contributed by atoms with Crippen molar-refractivity contribution < 1.29 is 19.4 Å². The van der Waals surface area contributed by atoms with Crippen molar-refractivity contribution in [2.75, 3.05) is 5.75 Å². The zero-order valence-electron chi connectivity index (χ0n) is 31.1. The monoisotopic (exact) mass is 756 g/mol. The van der Waals surface area contributed by atoms with E-state index in [1.54, 1.807) is 16.4 Å². The molecule has 4 saturated carbocycles. The molecule has 5 aliphatic rings. The van der Waals surface area contributed by atoms with Crippen LogP contribution in [0.5, 0.6) is 0 Å². The molecular weight excluding hydrogens is 709 g/mol. The van der Waals surface area contributed by atoms with E-state index in [0.717, 1.165) is 76.1 Å². The quantitative estimate of drug-likeness (QED) is 0.115. The molecule has 4 atom stereocenters. The van der Waals surface area contributed by atoms with Gasteiger partial charge in [-0.05, 0) is 113 Å². The average Bonchev–Trinajstić information content (AvgIpc) is 3.68. The molecule has 4 aliphatic carbocycles. The molecule has 10 rings (SSSR count). The van der Waals surface area contributed by atoms with Gasteiger partial charge in [0.25, 0.3) is 0 Å².